The van der Waals surface area contributed by atoms with Gasteiger partial charge < -0.3 is 15.5 Å². The quantitative estimate of drug-likeness (QED) is 0.761. The van der Waals surface area contributed by atoms with E-state index in [2.05, 4.69) is 15.5 Å². The van der Waals surface area contributed by atoms with Gasteiger partial charge in [0, 0.05) is 19.0 Å². The Morgan fingerprint density at radius 2 is 1.84 bits per heavy atom. The van der Waals surface area contributed by atoms with E-state index in [0.29, 0.717) is 11.8 Å². The zero-order valence-corrected chi connectivity index (χ0v) is 12.3. The molecule has 0 aromatic rings. The molecule has 110 valence electrons. The largest absolute Gasteiger partial charge is 0.355 e. The van der Waals surface area contributed by atoms with Crippen molar-refractivity contribution in [2.24, 2.45) is 11.8 Å². The molecule has 0 unspecified atom stereocenters. The molecule has 1 amide bonds. The van der Waals surface area contributed by atoms with E-state index in [-0.39, 0.29) is 0 Å². The molecule has 1 saturated heterocycles. The first-order chi connectivity index (χ1) is 9.29. The van der Waals surface area contributed by atoms with Crippen molar-refractivity contribution >= 4 is 5.91 Å². The normalized spacial score (nSPS) is 22.8. The Hall–Kier alpha value is -0.610. The first kappa shape index (κ1) is 14.8. The van der Waals surface area contributed by atoms with Gasteiger partial charge in [0.25, 0.3) is 0 Å². The second kappa shape index (κ2) is 7.85. The van der Waals surface area contributed by atoms with E-state index >= 15 is 0 Å². The molecule has 1 saturated carbocycles. The molecule has 2 rings (SSSR count). The summed E-state index contributed by atoms with van der Waals surface area (Å²) in [6.07, 6.45) is 7.24. The smallest absolute Gasteiger partial charge is 0.223 e. The van der Waals surface area contributed by atoms with Crippen LogP contribution in [0.15, 0.2) is 0 Å². The number of amides is 1. The summed E-state index contributed by atoms with van der Waals surface area (Å²) in [5.41, 5.74) is 0. The lowest BCUT2D eigenvalue weighted by Gasteiger charge is -2.31. The Morgan fingerprint density at radius 3 is 2.47 bits per heavy atom. The first-order valence-corrected chi connectivity index (χ1v) is 7.94. The van der Waals surface area contributed by atoms with Crippen LogP contribution in [0, 0.1) is 11.8 Å². The molecule has 0 radical (unpaired) electrons. The van der Waals surface area contributed by atoms with Crippen LogP contribution in [-0.4, -0.2) is 50.6 Å². The Balaban J connectivity index is 1.55. The monoisotopic (exact) mass is 267 g/mol. The number of hydrogen-bond donors (Lipinski definition) is 2. The lowest BCUT2D eigenvalue weighted by atomic mass is 9.97. The summed E-state index contributed by atoms with van der Waals surface area (Å²) in [5, 5.41) is 6.38. The van der Waals surface area contributed by atoms with Crippen molar-refractivity contribution in [3.8, 4) is 0 Å². The Kier molecular flexibility index (Phi) is 6.11. The van der Waals surface area contributed by atoms with Crippen molar-refractivity contribution in [1.82, 2.24) is 15.5 Å². The average molecular weight is 267 g/mol. The van der Waals surface area contributed by atoms with Gasteiger partial charge in [-0.3, -0.25) is 4.79 Å². The highest BCUT2D eigenvalue weighted by atomic mass is 16.1. The highest BCUT2D eigenvalue weighted by molar-refractivity contribution is 5.78. The molecule has 0 bridgehead atoms. The maximum atomic E-state index is 11.9. The number of hydrogen-bond acceptors (Lipinski definition) is 3. The van der Waals surface area contributed by atoms with Crippen LogP contribution in [0.2, 0.25) is 0 Å². The fraction of sp³-hybridized carbons (Fsp3) is 0.933. The third kappa shape index (κ3) is 4.77. The molecular formula is C15H29N3O. The molecule has 2 N–H and O–H groups in total. The number of carbonyl (C=O) groups excluding carboxylic acids is 1. The maximum Gasteiger partial charge on any atom is 0.223 e. The maximum absolute atomic E-state index is 11.9. The second-order valence-corrected chi connectivity index (χ2v) is 6.12. The van der Waals surface area contributed by atoms with E-state index in [1.54, 1.807) is 0 Å². The standard InChI is InChI=1S/C15H29N3O/c1-16-12-13-6-9-18(10-7-13)11-8-17-15(19)14-4-2-3-5-14/h13-14,16H,2-12H2,1H3,(H,17,19). The van der Waals surface area contributed by atoms with Gasteiger partial charge in [-0.05, 0) is 58.3 Å². The van der Waals surface area contributed by atoms with Crippen molar-refractivity contribution in [1.29, 1.82) is 0 Å². The Morgan fingerprint density at radius 1 is 1.16 bits per heavy atom. The second-order valence-electron chi connectivity index (χ2n) is 6.12. The van der Waals surface area contributed by atoms with Crippen LogP contribution >= 0.6 is 0 Å². The molecule has 0 atom stereocenters. The predicted octanol–water partition coefficient (Wildman–Crippen LogP) is 1.22. The van der Waals surface area contributed by atoms with Gasteiger partial charge in [0.1, 0.15) is 0 Å². The summed E-state index contributed by atoms with van der Waals surface area (Å²) in [7, 11) is 2.03. The molecule has 0 aromatic heterocycles. The minimum Gasteiger partial charge on any atom is -0.355 e. The number of piperidine rings is 1. The highest BCUT2D eigenvalue weighted by Crippen LogP contribution is 2.24. The number of rotatable bonds is 6. The third-order valence-corrected chi connectivity index (χ3v) is 4.65. The summed E-state index contributed by atoms with van der Waals surface area (Å²) in [5.74, 6) is 1.44. The van der Waals surface area contributed by atoms with Crippen LogP contribution in [0.1, 0.15) is 38.5 Å². The van der Waals surface area contributed by atoms with Gasteiger partial charge in [-0.25, -0.2) is 0 Å². The number of carbonyl (C=O) groups is 1. The van der Waals surface area contributed by atoms with Crippen LogP contribution in [0.4, 0.5) is 0 Å². The van der Waals surface area contributed by atoms with Gasteiger partial charge >= 0.3 is 0 Å². The van der Waals surface area contributed by atoms with Crippen LogP contribution < -0.4 is 10.6 Å². The van der Waals surface area contributed by atoms with Gasteiger partial charge in [0.2, 0.25) is 5.91 Å². The fourth-order valence-electron chi connectivity index (χ4n) is 3.37. The van der Waals surface area contributed by atoms with Crippen LogP contribution in [0.25, 0.3) is 0 Å². The van der Waals surface area contributed by atoms with Crippen molar-refractivity contribution in [2.45, 2.75) is 38.5 Å². The minimum absolute atomic E-state index is 0.294. The number of nitrogens with zero attached hydrogens (tertiary/aromatic N) is 1. The van der Waals surface area contributed by atoms with E-state index < -0.39 is 0 Å². The Labute approximate surface area is 117 Å². The highest BCUT2D eigenvalue weighted by Gasteiger charge is 2.22. The molecule has 1 aliphatic heterocycles. The molecule has 1 heterocycles. The van der Waals surface area contributed by atoms with Crippen molar-refractivity contribution < 1.29 is 4.79 Å². The van der Waals surface area contributed by atoms with Gasteiger partial charge in [-0.2, -0.15) is 0 Å². The number of likely N-dealkylation sites (tertiary alicyclic amines) is 1. The van der Waals surface area contributed by atoms with E-state index in [0.717, 1.165) is 38.4 Å². The minimum atomic E-state index is 0.294. The van der Waals surface area contributed by atoms with Crippen LogP contribution in [0.3, 0.4) is 0 Å². The fourth-order valence-corrected chi connectivity index (χ4v) is 3.37. The van der Waals surface area contributed by atoms with Gasteiger partial charge in [0.15, 0.2) is 0 Å². The zero-order chi connectivity index (χ0) is 13.5. The average Bonchev–Trinajstić information content (AvgIpc) is 2.95. The van der Waals surface area contributed by atoms with Crippen molar-refractivity contribution in [3.63, 3.8) is 0 Å². The summed E-state index contributed by atoms with van der Waals surface area (Å²) in [6, 6.07) is 0. The summed E-state index contributed by atoms with van der Waals surface area (Å²) in [4.78, 5) is 14.4. The summed E-state index contributed by atoms with van der Waals surface area (Å²) >= 11 is 0. The lowest BCUT2D eigenvalue weighted by molar-refractivity contribution is -0.124. The lowest BCUT2D eigenvalue weighted by Crippen LogP contribution is -2.41. The molecule has 0 aromatic carbocycles. The third-order valence-electron chi connectivity index (χ3n) is 4.65. The van der Waals surface area contributed by atoms with E-state index in [9.17, 15) is 4.79 Å². The molecule has 0 spiro atoms. The van der Waals surface area contributed by atoms with E-state index in [4.69, 9.17) is 0 Å². The van der Waals surface area contributed by atoms with E-state index in [1.807, 2.05) is 7.05 Å². The molecule has 1 aliphatic carbocycles. The van der Waals surface area contributed by atoms with Crippen molar-refractivity contribution in [2.75, 3.05) is 39.8 Å². The molecule has 4 nitrogen and oxygen atoms in total. The van der Waals surface area contributed by atoms with Crippen LogP contribution in [0.5, 0.6) is 0 Å². The topological polar surface area (TPSA) is 44.4 Å². The first-order valence-electron chi connectivity index (χ1n) is 7.94. The Bertz CT molecular complexity index is 269. The molecular weight excluding hydrogens is 238 g/mol. The molecule has 2 fully saturated rings. The zero-order valence-electron chi connectivity index (χ0n) is 12.3. The van der Waals surface area contributed by atoms with E-state index in [1.165, 1.54) is 38.8 Å². The van der Waals surface area contributed by atoms with Gasteiger partial charge in [-0.15, -0.1) is 0 Å². The van der Waals surface area contributed by atoms with Gasteiger partial charge in [0.05, 0.1) is 0 Å². The predicted molar refractivity (Wildman–Crippen MR) is 78.1 cm³/mol. The SMILES string of the molecule is CNCC1CCN(CCNC(=O)C2CCCC2)CC1. The summed E-state index contributed by atoms with van der Waals surface area (Å²) < 4.78 is 0. The van der Waals surface area contributed by atoms with Crippen LogP contribution in [-0.2, 0) is 4.79 Å². The molecule has 19 heavy (non-hydrogen) atoms. The van der Waals surface area contributed by atoms with Crippen molar-refractivity contribution in [3.05, 3.63) is 0 Å². The molecule has 2 aliphatic rings. The molecule has 4 heteroatoms. The summed E-state index contributed by atoms with van der Waals surface area (Å²) in [6.45, 7) is 5.36. The number of nitrogens with one attached hydrogen (secondary N) is 2. The van der Waals surface area contributed by atoms with Gasteiger partial charge in [-0.1, -0.05) is 12.8 Å².